The number of halogens is 3. The lowest BCUT2D eigenvalue weighted by Crippen LogP contribution is -2.04. The molecule has 1 aromatic carbocycles. The monoisotopic (exact) mass is 256 g/mol. The second-order valence-electron chi connectivity index (χ2n) is 2.51. The molecule has 0 bridgehead atoms. The van der Waals surface area contributed by atoms with Crippen LogP contribution in [-0.4, -0.2) is 19.5 Å². The summed E-state index contributed by atoms with van der Waals surface area (Å²) in [5.41, 5.74) is -1.00. The fraction of sp³-hybridized carbons (Fsp3) is 0. The molecule has 0 saturated carbocycles. The smallest absolute Gasteiger partial charge is 0.338 e. The molecular weight excluding hydrogens is 254 g/mol. The summed E-state index contributed by atoms with van der Waals surface area (Å²) >= 11 is 5.20. The van der Waals surface area contributed by atoms with Crippen LogP contribution in [-0.2, 0) is 10.2 Å². The van der Waals surface area contributed by atoms with E-state index in [-0.39, 0.29) is 0 Å². The average Bonchev–Trinajstić information content (AvgIpc) is 2.06. The van der Waals surface area contributed by atoms with Crippen molar-refractivity contribution in [1.82, 2.24) is 0 Å². The van der Waals surface area contributed by atoms with Crippen LogP contribution in [0.2, 0.25) is 5.02 Å². The zero-order valence-corrected chi connectivity index (χ0v) is 8.44. The van der Waals surface area contributed by atoms with Gasteiger partial charge in [-0.15, -0.1) is 3.89 Å². The lowest BCUT2D eigenvalue weighted by Gasteiger charge is -2.02. The second-order valence-corrected chi connectivity index (χ2v) is 4.26. The van der Waals surface area contributed by atoms with Crippen molar-refractivity contribution >= 4 is 27.8 Å². The van der Waals surface area contributed by atoms with Gasteiger partial charge in [0.2, 0.25) is 0 Å². The molecule has 0 aliphatic carbocycles. The molecule has 82 valence electrons. The molecule has 0 spiro atoms. The Morgan fingerprint density at radius 2 is 1.93 bits per heavy atom. The van der Waals surface area contributed by atoms with Gasteiger partial charge in [-0.1, -0.05) is 11.6 Å². The maximum absolute atomic E-state index is 13.0. The number of hydrogen-bond donors (Lipinski definition) is 1. The van der Waals surface area contributed by atoms with E-state index in [2.05, 4.69) is 0 Å². The maximum atomic E-state index is 13.0. The van der Waals surface area contributed by atoms with E-state index in [0.29, 0.717) is 12.1 Å². The van der Waals surface area contributed by atoms with Crippen molar-refractivity contribution in [3.8, 4) is 0 Å². The molecule has 4 nitrogen and oxygen atoms in total. The predicted octanol–water partition coefficient (Wildman–Crippen LogP) is 1.84. The number of aromatic carboxylic acids is 1. The first kappa shape index (κ1) is 11.9. The first-order chi connectivity index (χ1) is 6.73. The molecule has 0 aliphatic heterocycles. The first-order valence-corrected chi connectivity index (χ1v) is 5.16. The van der Waals surface area contributed by atoms with Crippen LogP contribution in [0.15, 0.2) is 17.0 Å². The van der Waals surface area contributed by atoms with E-state index in [4.69, 9.17) is 16.7 Å². The highest BCUT2D eigenvalue weighted by Gasteiger charge is 2.21. The van der Waals surface area contributed by atoms with Crippen LogP contribution < -0.4 is 0 Å². The van der Waals surface area contributed by atoms with Gasteiger partial charge in [-0.3, -0.25) is 0 Å². The van der Waals surface area contributed by atoms with E-state index < -0.39 is 37.5 Å². The van der Waals surface area contributed by atoms with Crippen molar-refractivity contribution in [2.75, 3.05) is 0 Å². The van der Waals surface area contributed by atoms with E-state index in [9.17, 15) is 21.5 Å². The number of hydrogen-bond acceptors (Lipinski definition) is 3. The Labute approximate surface area is 88.3 Å². The topological polar surface area (TPSA) is 71.4 Å². The Kier molecular flexibility index (Phi) is 2.96. The summed E-state index contributed by atoms with van der Waals surface area (Å²) in [4.78, 5) is 9.44. The maximum Gasteiger partial charge on any atom is 0.338 e. The van der Waals surface area contributed by atoms with Gasteiger partial charge in [0.15, 0.2) is 5.82 Å². The third kappa shape index (κ3) is 2.42. The van der Waals surface area contributed by atoms with Gasteiger partial charge in [-0.05, 0) is 12.1 Å². The molecule has 1 aromatic rings. The molecular formula is C7H3ClF2O4S. The van der Waals surface area contributed by atoms with Gasteiger partial charge >= 0.3 is 16.2 Å². The molecule has 0 saturated heterocycles. The van der Waals surface area contributed by atoms with Gasteiger partial charge in [0.25, 0.3) is 0 Å². The number of carboxylic acid groups (broad SMARTS) is 1. The Balaban J connectivity index is 3.57. The highest BCUT2D eigenvalue weighted by Crippen LogP contribution is 2.24. The summed E-state index contributed by atoms with van der Waals surface area (Å²) in [6.45, 7) is 0. The van der Waals surface area contributed by atoms with Crippen LogP contribution in [0, 0.1) is 5.82 Å². The summed E-state index contributed by atoms with van der Waals surface area (Å²) < 4.78 is 46.3. The number of carbonyl (C=O) groups is 1. The van der Waals surface area contributed by atoms with Crippen molar-refractivity contribution in [3.05, 3.63) is 28.5 Å². The van der Waals surface area contributed by atoms with Gasteiger partial charge < -0.3 is 5.11 Å². The van der Waals surface area contributed by atoms with Crippen molar-refractivity contribution < 1.29 is 26.6 Å². The normalized spacial score (nSPS) is 11.4. The zero-order chi connectivity index (χ0) is 11.8. The molecule has 0 unspecified atom stereocenters. The number of carboxylic acids is 1. The zero-order valence-electron chi connectivity index (χ0n) is 6.87. The Hall–Kier alpha value is -1.21. The molecule has 0 fully saturated rings. The summed E-state index contributed by atoms with van der Waals surface area (Å²) in [7, 11) is -5.11. The SMILES string of the molecule is O=C(O)c1cc(S(=O)(=O)F)cc(Cl)c1F. The molecule has 0 amide bonds. The van der Waals surface area contributed by atoms with Crippen molar-refractivity contribution in [3.63, 3.8) is 0 Å². The van der Waals surface area contributed by atoms with Crippen LogP contribution in [0.1, 0.15) is 10.4 Å². The largest absolute Gasteiger partial charge is 0.478 e. The van der Waals surface area contributed by atoms with Gasteiger partial charge in [0.1, 0.15) is 4.90 Å². The Morgan fingerprint density at radius 3 is 2.33 bits per heavy atom. The summed E-state index contributed by atoms with van der Waals surface area (Å²) in [5, 5.41) is 7.69. The van der Waals surface area contributed by atoms with Crippen molar-refractivity contribution in [2.24, 2.45) is 0 Å². The molecule has 1 N–H and O–H groups in total. The predicted molar refractivity (Wildman–Crippen MR) is 46.7 cm³/mol. The third-order valence-corrected chi connectivity index (χ3v) is 2.59. The minimum Gasteiger partial charge on any atom is -0.478 e. The van der Waals surface area contributed by atoms with Crippen molar-refractivity contribution in [2.45, 2.75) is 4.90 Å². The molecule has 15 heavy (non-hydrogen) atoms. The van der Waals surface area contributed by atoms with Gasteiger partial charge in [-0.2, -0.15) is 8.42 Å². The van der Waals surface area contributed by atoms with Gasteiger partial charge in [0, 0.05) is 0 Å². The minimum atomic E-state index is -5.11. The summed E-state index contributed by atoms with van der Waals surface area (Å²) in [6.07, 6.45) is 0. The fourth-order valence-corrected chi connectivity index (χ4v) is 1.66. The summed E-state index contributed by atoms with van der Waals surface area (Å²) in [5.74, 6) is -3.04. The molecule has 0 aromatic heterocycles. The molecule has 0 atom stereocenters. The second kappa shape index (κ2) is 3.74. The molecule has 8 heteroatoms. The standard InChI is InChI=1S/C7H3ClF2O4S/c8-5-2-3(15(10,13)14)1-4(6(5)9)7(11)12/h1-2H,(H,11,12). The lowest BCUT2D eigenvalue weighted by atomic mass is 10.2. The highest BCUT2D eigenvalue weighted by molar-refractivity contribution is 7.86. The quantitative estimate of drug-likeness (QED) is 0.820. The number of rotatable bonds is 2. The minimum absolute atomic E-state index is 0.360. The Morgan fingerprint density at radius 1 is 1.40 bits per heavy atom. The van der Waals surface area contributed by atoms with Crippen LogP contribution in [0.3, 0.4) is 0 Å². The lowest BCUT2D eigenvalue weighted by molar-refractivity contribution is 0.0691. The van der Waals surface area contributed by atoms with Crippen LogP contribution in [0.4, 0.5) is 8.28 Å². The Bertz CT molecular complexity index is 526. The van der Waals surface area contributed by atoms with E-state index in [1.165, 1.54) is 0 Å². The molecule has 0 radical (unpaired) electrons. The average molecular weight is 257 g/mol. The van der Waals surface area contributed by atoms with Crippen molar-refractivity contribution in [1.29, 1.82) is 0 Å². The highest BCUT2D eigenvalue weighted by atomic mass is 35.5. The van der Waals surface area contributed by atoms with Crippen LogP contribution in [0.5, 0.6) is 0 Å². The van der Waals surface area contributed by atoms with E-state index in [1.807, 2.05) is 0 Å². The van der Waals surface area contributed by atoms with Crippen LogP contribution in [0.25, 0.3) is 0 Å². The first-order valence-electron chi connectivity index (χ1n) is 3.40. The summed E-state index contributed by atoms with van der Waals surface area (Å²) in [6, 6.07) is 0.859. The van der Waals surface area contributed by atoms with Gasteiger partial charge in [-0.25, -0.2) is 9.18 Å². The third-order valence-electron chi connectivity index (χ3n) is 1.51. The molecule has 0 heterocycles. The molecule has 1 rings (SSSR count). The van der Waals surface area contributed by atoms with Gasteiger partial charge in [0.05, 0.1) is 10.6 Å². The van der Waals surface area contributed by atoms with E-state index in [0.717, 1.165) is 0 Å². The van der Waals surface area contributed by atoms with E-state index in [1.54, 1.807) is 0 Å². The molecule has 0 aliphatic rings. The fourth-order valence-electron chi connectivity index (χ4n) is 0.861. The number of benzene rings is 1. The van der Waals surface area contributed by atoms with E-state index >= 15 is 0 Å². The van der Waals surface area contributed by atoms with Crippen LogP contribution >= 0.6 is 11.6 Å².